The van der Waals surface area contributed by atoms with Crippen LogP contribution in [0.2, 0.25) is 0 Å². The molecule has 0 bridgehead atoms. The summed E-state index contributed by atoms with van der Waals surface area (Å²) in [5.74, 6) is 0.923. The summed E-state index contributed by atoms with van der Waals surface area (Å²) in [6.07, 6.45) is 0. The predicted molar refractivity (Wildman–Crippen MR) is 71.4 cm³/mol. The summed E-state index contributed by atoms with van der Waals surface area (Å²) >= 11 is 0. The highest BCUT2D eigenvalue weighted by Crippen LogP contribution is 2.24. The first-order chi connectivity index (χ1) is 8.19. The maximum Gasteiger partial charge on any atom is 0.119 e. The van der Waals surface area contributed by atoms with Gasteiger partial charge in [0.25, 0.3) is 0 Å². The van der Waals surface area contributed by atoms with Gasteiger partial charge in [-0.15, -0.1) is 0 Å². The fourth-order valence-corrected chi connectivity index (χ4v) is 1.97. The van der Waals surface area contributed by atoms with Gasteiger partial charge in [-0.25, -0.2) is 0 Å². The number of rotatable bonds is 3. The summed E-state index contributed by atoms with van der Waals surface area (Å²) in [5, 5.41) is 0. The van der Waals surface area contributed by atoms with Crippen molar-refractivity contribution >= 4 is 0 Å². The Hall–Kier alpha value is -1.76. The third kappa shape index (κ3) is 2.88. The van der Waals surface area contributed by atoms with Crippen LogP contribution in [0.25, 0.3) is 11.1 Å². The fourth-order valence-electron chi connectivity index (χ4n) is 1.97. The first kappa shape index (κ1) is 11.7. The maximum absolute atomic E-state index is 5.44. The lowest BCUT2D eigenvalue weighted by atomic mass is 10.0. The van der Waals surface area contributed by atoms with Crippen LogP contribution in [0.5, 0.6) is 5.75 Å². The average molecular weight is 225 g/mol. The van der Waals surface area contributed by atoms with E-state index in [1.165, 1.54) is 22.3 Å². The van der Waals surface area contributed by atoms with Crippen LogP contribution in [0.4, 0.5) is 0 Å². The second-order valence-electron chi connectivity index (χ2n) is 4.19. The Kier molecular flexibility index (Phi) is 3.48. The Labute approximate surface area is 103 Å². The SMILES string of the molecule is CCOc1ccc(-c2cc(C)[c]c(C)c2)cc1. The first-order valence-corrected chi connectivity index (χ1v) is 5.93. The number of hydrogen-bond acceptors (Lipinski definition) is 1. The lowest BCUT2D eigenvalue weighted by Crippen LogP contribution is -1.90. The van der Waals surface area contributed by atoms with Gasteiger partial charge in [-0.3, -0.25) is 0 Å². The minimum absolute atomic E-state index is 0.706. The molecule has 2 aromatic rings. The molecule has 0 saturated carbocycles. The van der Waals surface area contributed by atoms with E-state index in [0.29, 0.717) is 6.61 Å². The zero-order valence-electron chi connectivity index (χ0n) is 10.6. The van der Waals surface area contributed by atoms with Crippen molar-refractivity contribution in [2.75, 3.05) is 6.61 Å². The molecule has 0 aliphatic heterocycles. The molecular formula is C16H17O. The number of hydrogen-bond donors (Lipinski definition) is 0. The lowest BCUT2D eigenvalue weighted by Gasteiger charge is -2.07. The molecule has 1 nitrogen and oxygen atoms in total. The van der Waals surface area contributed by atoms with E-state index >= 15 is 0 Å². The van der Waals surface area contributed by atoms with Crippen molar-refractivity contribution in [1.82, 2.24) is 0 Å². The van der Waals surface area contributed by atoms with Crippen LogP contribution in [0.15, 0.2) is 36.4 Å². The normalized spacial score (nSPS) is 10.3. The number of benzene rings is 2. The van der Waals surface area contributed by atoms with Gasteiger partial charge in [-0.2, -0.15) is 0 Å². The molecule has 0 aromatic heterocycles. The van der Waals surface area contributed by atoms with Crippen LogP contribution in [0.3, 0.4) is 0 Å². The van der Waals surface area contributed by atoms with Crippen molar-refractivity contribution in [2.45, 2.75) is 20.8 Å². The number of aryl methyl sites for hydroxylation is 2. The third-order valence-electron chi connectivity index (χ3n) is 2.64. The van der Waals surface area contributed by atoms with Gasteiger partial charge in [0.05, 0.1) is 6.61 Å². The summed E-state index contributed by atoms with van der Waals surface area (Å²) in [6, 6.07) is 15.8. The van der Waals surface area contributed by atoms with E-state index in [0.717, 1.165) is 5.75 Å². The molecule has 2 aromatic carbocycles. The van der Waals surface area contributed by atoms with Gasteiger partial charge >= 0.3 is 0 Å². The predicted octanol–water partition coefficient (Wildman–Crippen LogP) is 4.17. The summed E-state index contributed by atoms with van der Waals surface area (Å²) in [5.41, 5.74) is 4.80. The van der Waals surface area contributed by atoms with E-state index in [1.807, 2.05) is 19.1 Å². The Morgan fingerprint density at radius 2 is 1.53 bits per heavy atom. The molecule has 0 aliphatic rings. The Bertz CT molecular complexity index is 477. The van der Waals surface area contributed by atoms with Crippen molar-refractivity contribution < 1.29 is 4.74 Å². The van der Waals surface area contributed by atoms with E-state index in [1.54, 1.807) is 0 Å². The monoisotopic (exact) mass is 225 g/mol. The van der Waals surface area contributed by atoms with E-state index < -0.39 is 0 Å². The molecule has 0 fully saturated rings. The molecule has 0 N–H and O–H groups in total. The van der Waals surface area contributed by atoms with Crippen LogP contribution < -0.4 is 4.74 Å². The lowest BCUT2D eigenvalue weighted by molar-refractivity contribution is 0.340. The van der Waals surface area contributed by atoms with E-state index in [-0.39, 0.29) is 0 Å². The molecule has 0 amide bonds. The van der Waals surface area contributed by atoms with Crippen LogP contribution >= 0.6 is 0 Å². The highest BCUT2D eigenvalue weighted by atomic mass is 16.5. The average Bonchev–Trinajstić information content (AvgIpc) is 2.29. The van der Waals surface area contributed by atoms with Crippen LogP contribution in [0, 0.1) is 19.9 Å². The molecule has 0 unspecified atom stereocenters. The van der Waals surface area contributed by atoms with E-state index in [2.05, 4.69) is 44.2 Å². The number of ether oxygens (including phenoxy) is 1. The van der Waals surface area contributed by atoms with Gasteiger partial charge in [-0.1, -0.05) is 24.3 Å². The van der Waals surface area contributed by atoms with Crippen molar-refractivity contribution in [3.05, 3.63) is 53.6 Å². The molecule has 87 valence electrons. The molecule has 1 radical (unpaired) electrons. The van der Waals surface area contributed by atoms with Crippen LogP contribution in [-0.4, -0.2) is 6.61 Å². The van der Waals surface area contributed by atoms with Gasteiger partial charge in [0.15, 0.2) is 0 Å². The Balaban J connectivity index is 2.32. The van der Waals surface area contributed by atoms with Crippen LogP contribution in [-0.2, 0) is 0 Å². The summed E-state index contributed by atoms with van der Waals surface area (Å²) in [7, 11) is 0. The quantitative estimate of drug-likeness (QED) is 0.761. The minimum Gasteiger partial charge on any atom is -0.494 e. The van der Waals surface area contributed by atoms with Crippen LogP contribution in [0.1, 0.15) is 18.1 Å². The molecule has 0 saturated heterocycles. The molecule has 0 aliphatic carbocycles. The molecule has 1 heteroatoms. The molecule has 17 heavy (non-hydrogen) atoms. The second-order valence-corrected chi connectivity index (χ2v) is 4.19. The van der Waals surface area contributed by atoms with Crippen molar-refractivity contribution in [1.29, 1.82) is 0 Å². The van der Waals surface area contributed by atoms with E-state index in [9.17, 15) is 0 Å². The summed E-state index contributed by atoms with van der Waals surface area (Å²) < 4.78 is 5.44. The summed E-state index contributed by atoms with van der Waals surface area (Å²) in [4.78, 5) is 0. The van der Waals surface area contributed by atoms with Gasteiger partial charge in [0.2, 0.25) is 0 Å². The highest BCUT2D eigenvalue weighted by molar-refractivity contribution is 5.65. The zero-order valence-corrected chi connectivity index (χ0v) is 10.6. The molecule has 0 heterocycles. The molecule has 2 rings (SSSR count). The minimum atomic E-state index is 0.706. The Morgan fingerprint density at radius 1 is 0.941 bits per heavy atom. The van der Waals surface area contributed by atoms with Gasteiger partial charge in [0.1, 0.15) is 5.75 Å². The van der Waals surface area contributed by atoms with Gasteiger partial charge < -0.3 is 4.74 Å². The standard InChI is InChI=1S/C16H17O/c1-4-17-16-7-5-14(6-8-16)15-10-12(2)9-13(3)11-15/h5-8,10-11H,4H2,1-3H3. The summed E-state index contributed by atoms with van der Waals surface area (Å²) in [6.45, 7) is 6.85. The largest absolute Gasteiger partial charge is 0.494 e. The fraction of sp³-hybridized carbons (Fsp3) is 0.250. The first-order valence-electron chi connectivity index (χ1n) is 5.93. The van der Waals surface area contributed by atoms with Gasteiger partial charge in [0, 0.05) is 0 Å². The molecule has 0 atom stereocenters. The van der Waals surface area contributed by atoms with Crippen molar-refractivity contribution in [3.8, 4) is 16.9 Å². The van der Waals surface area contributed by atoms with E-state index in [4.69, 9.17) is 4.74 Å². The molecular weight excluding hydrogens is 208 g/mol. The third-order valence-corrected chi connectivity index (χ3v) is 2.64. The van der Waals surface area contributed by atoms with Crippen molar-refractivity contribution in [3.63, 3.8) is 0 Å². The second kappa shape index (κ2) is 5.05. The topological polar surface area (TPSA) is 9.23 Å². The maximum atomic E-state index is 5.44. The smallest absolute Gasteiger partial charge is 0.119 e. The van der Waals surface area contributed by atoms with Crippen molar-refractivity contribution in [2.24, 2.45) is 0 Å². The highest BCUT2D eigenvalue weighted by Gasteiger charge is 2.00. The Morgan fingerprint density at radius 3 is 2.06 bits per heavy atom. The van der Waals surface area contributed by atoms with Gasteiger partial charge in [-0.05, 0) is 61.2 Å². The zero-order chi connectivity index (χ0) is 12.3. The molecule has 0 spiro atoms.